The Morgan fingerprint density at radius 1 is 1.00 bits per heavy atom. The molecule has 40 heavy (non-hydrogen) atoms. The number of halogens is 3. The molecule has 0 spiro atoms. The number of benzene rings is 1. The molecule has 2 aromatic rings. The van der Waals surface area contributed by atoms with Gasteiger partial charge in [0.25, 0.3) is 5.91 Å². The monoisotopic (exact) mass is 563 g/mol. The SMILES string of the molecule is C.CN1CCN(C(=O)c2ccc(Nc3ncc(C(F)(F)F)c(N[C@@H]4CCCCC[C@@H]4C(=O)N(C)C)n3)cc2)CC1. The van der Waals surface area contributed by atoms with Gasteiger partial charge in [-0.25, -0.2) is 4.98 Å². The molecule has 9 nitrogen and oxygen atoms in total. The van der Waals surface area contributed by atoms with Crippen molar-refractivity contribution < 1.29 is 22.8 Å². The number of piperazine rings is 1. The number of nitrogens with one attached hydrogen (secondary N) is 2. The molecule has 2 heterocycles. The van der Waals surface area contributed by atoms with E-state index in [1.54, 1.807) is 43.3 Å². The van der Waals surface area contributed by atoms with Gasteiger partial charge in [0.15, 0.2) is 0 Å². The minimum atomic E-state index is -4.67. The van der Waals surface area contributed by atoms with Crippen LogP contribution < -0.4 is 10.6 Å². The quantitative estimate of drug-likeness (QED) is 0.492. The molecule has 1 aromatic carbocycles. The highest BCUT2D eigenvalue weighted by atomic mass is 19.4. The van der Waals surface area contributed by atoms with Crippen molar-refractivity contribution in [3.63, 3.8) is 0 Å². The Labute approximate surface area is 234 Å². The summed E-state index contributed by atoms with van der Waals surface area (Å²) in [4.78, 5) is 39.2. The summed E-state index contributed by atoms with van der Waals surface area (Å²) in [5.41, 5.74) is 0.0815. The number of nitrogens with zero attached hydrogens (tertiary/aromatic N) is 5. The maximum atomic E-state index is 13.9. The molecule has 2 N–H and O–H groups in total. The second kappa shape index (κ2) is 13.3. The third-order valence-electron chi connectivity index (χ3n) is 7.37. The van der Waals surface area contributed by atoms with Gasteiger partial charge in [0, 0.05) is 63.8 Å². The maximum absolute atomic E-state index is 13.9. The number of alkyl halides is 3. The fourth-order valence-electron chi connectivity index (χ4n) is 5.06. The van der Waals surface area contributed by atoms with E-state index in [2.05, 4.69) is 25.5 Å². The molecule has 1 saturated heterocycles. The van der Waals surface area contributed by atoms with E-state index in [1.165, 1.54) is 4.90 Å². The molecule has 12 heteroatoms. The fraction of sp³-hybridized carbons (Fsp3) is 0.571. The Kier molecular flexibility index (Phi) is 10.3. The predicted octanol–water partition coefficient (Wildman–Crippen LogP) is 4.71. The average Bonchev–Trinajstić information content (AvgIpc) is 3.13. The number of aromatic nitrogens is 2. The van der Waals surface area contributed by atoms with Crippen molar-refractivity contribution in [2.45, 2.75) is 51.7 Å². The zero-order valence-electron chi connectivity index (χ0n) is 22.6. The number of anilines is 3. The van der Waals surface area contributed by atoms with Crippen molar-refractivity contribution in [3.8, 4) is 0 Å². The minimum Gasteiger partial charge on any atom is -0.366 e. The molecule has 0 radical (unpaired) electrons. The Morgan fingerprint density at radius 3 is 2.27 bits per heavy atom. The van der Waals surface area contributed by atoms with Gasteiger partial charge in [0.05, 0.1) is 5.92 Å². The van der Waals surface area contributed by atoms with Crippen molar-refractivity contribution in [3.05, 3.63) is 41.6 Å². The van der Waals surface area contributed by atoms with Gasteiger partial charge in [-0.15, -0.1) is 0 Å². The zero-order valence-corrected chi connectivity index (χ0v) is 22.6. The Balaban J connectivity index is 0.00000441. The molecular formula is C28H40F3N7O2. The molecule has 4 rings (SSSR count). The number of likely N-dealkylation sites (N-methyl/N-ethyl adjacent to an activating group) is 1. The van der Waals surface area contributed by atoms with Gasteiger partial charge in [0.2, 0.25) is 11.9 Å². The molecule has 2 atom stereocenters. The molecule has 220 valence electrons. The number of hydrogen-bond acceptors (Lipinski definition) is 7. The van der Waals surface area contributed by atoms with E-state index < -0.39 is 23.7 Å². The third kappa shape index (κ3) is 7.61. The van der Waals surface area contributed by atoms with Crippen LogP contribution in [0.2, 0.25) is 0 Å². The topological polar surface area (TPSA) is 93.7 Å². The molecule has 1 aromatic heterocycles. The fourth-order valence-corrected chi connectivity index (χ4v) is 5.06. The second-order valence-corrected chi connectivity index (χ2v) is 10.5. The first-order valence-corrected chi connectivity index (χ1v) is 13.3. The normalized spacial score (nSPS) is 20.2. The van der Waals surface area contributed by atoms with Crippen molar-refractivity contribution in [2.24, 2.45) is 5.92 Å². The summed E-state index contributed by atoms with van der Waals surface area (Å²) in [5.74, 6) is -0.989. The maximum Gasteiger partial charge on any atom is 0.421 e. The lowest BCUT2D eigenvalue weighted by atomic mass is 9.93. The Morgan fingerprint density at radius 2 is 1.65 bits per heavy atom. The molecule has 1 aliphatic carbocycles. The third-order valence-corrected chi connectivity index (χ3v) is 7.37. The van der Waals surface area contributed by atoms with Gasteiger partial charge in [-0.05, 0) is 44.2 Å². The standard InChI is InChI=1S/C27H36F3N7O2.CH4/c1-35(2)25(39)20-7-5-4-6-8-22(20)33-23-21(27(28,29)30)17-31-26(34-23)32-19-11-9-18(10-12-19)24(38)37-15-13-36(3)14-16-37;/h9-12,17,20,22H,4-8,13-16H2,1-3H3,(H2,31,32,33,34);1H4/t20-,22+;/m0./s1. The average molecular weight is 564 g/mol. The van der Waals surface area contributed by atoms with Crippen LogP contribution >= 0.6 is 0 Å². The van der Waals surface area contributed by atoms with E-state index >= 15 is 0 Å². The van der Waals surface area contributed by atoms with E-state index in [0.717, 1.165) is 38.5 Å². The van der Waals surface area contributed by atoms with Crippen LogP contribution in [0.4, 0.5) is 30.6 Å². The molecule has 0 unspecified atom stereocenters. The van der Waals surface area contributed by atoms with Gasteiger partial charge in [-0.1, -0.05) is 26.7 Å². The second-order valence-electron chi connectivity index (χ2n) is 10.5. The summed E-state index contributed by atoms with van der Waals surface area (Å²) in [6, 6.07) is 6.22. The highest BCUT2D eigenvalue weighted by Gasteiger charge is 2.38. The Hall–Kier alpha value is -3.41. The first-order valence-electron chi connectivity index (χ1n) is 13.3. The van der Waals surface area contributed by atoms with Crippen molar-refractivity contribution >= 4 is 29.3 Å². The minimum absolute atomic E-state index is 0. The van der Waals surface area contributed by atoms with E-state index in [0.29, 0.717) is 37.2 Å². The number of carbonyl (C=O) groups is 2. The zero-order chi connectivity index (χ0) is 28.2. The lowest BCUT2D eigenvalue weighted by molar-refractivity contribution is -0.137. The lowest BCUT2D eigenvalue weighted by Crippen LogP contribution is -2.47. The van der Waals surface area contributed by atoms with Gasteiger partial charge >= 0.3 is 6.18 Å². The van der Waals surface area contributed by atoms with Crippen molar-refractivity contribution in [1.82, 2.24) is 24.7 Å². The number of rotatable bonds is 6. The Bertz CT molecular complexity index is 1150. The predicted molar refractivity (Wildman–Crippen MR) is 150 cm³/mol. The van der Waals surface area contributed by atoms with Crippen LogP contribution in [0.1, 0.15) is 55.5 Å². The number of carbonyl (C=O) groups excluding carboxylic acids is 2. The summed E-state index contributed by atoms with van der Waals surface area (Å²) in [6.07, 6.45) is -0.168. The van der Waals surface area contributed by atoms with E-state index in [-0.39, 0.29) is 31.0 Å². The van der Waals surface area contributed by atoms with Crippen LogP contribution in [-0.2, 0) is 11.0 Å². The van der Waals surface area contributed by atoms with Gasteiger partial charge < -0.3 is 25.3 Å². The van der Waals surface area contributed by atoms with Crippen LogP contribution in [0, 0.1) is 5.92 Å². The lowest BCUT2D eigenvalue weighted by Gasteiger charge is -2.32. The van der Waals surface area contributed by atoms with Crippen LogP contribution in [0.15, 0.2) is 30.5 Å². The summed E-state index contributed by atoms with van der Waals surface area (Å²) < 4.78 is 41.6. The van der Waals surface area contributed by atoms with Crippen molar-refractivity contribution in [1.29, 1.82) is 0 Å². The summed E-state index contributed by atoms with van der Waals surface area (Å²) >= 11 is 0. The van der Waals surface area contributed by atoms with E-state index in [1.807, 2.05) is 7.05 Å². The number of hydrogen-bond donors (Lipinski definition) is 2. The molecule has 0 bridgehead atoms. The molecular weight excluding hydrogens is 523 g/mol. The molecule has 2 fully saturated rings. The van der Waals surface area contributed by atoms with Gasteiger partial charge in [0.1, 0.15) is 11.4 Å². The van der Waals surface area contributed by atoms with Gasteiger partial charge in [-0.3, -0.25) is 9.59 Å². The highest BCUT2D eigenvalue weighted by Crippen LogP contribution is 2.36. The van der Waals surface area contributed by atoms with E-state index in [9.17, 15) is 22.8 Å². The summed E-state index contributed by atoms with van der Waals surface area (Å²) in [5, 5.41) is 5.90. The van der Waals surface area contributed by atoms with Crippen LogP contribution in [0.3, 0.4) is 0 Å². The van der Waals surface area contributed by atoms with Crippen LogP contribution in [0.5, 0.6) is 0 Å². The smallest absolute Gasteiger partial charge is 0.366 e. The van der Waals surface area contributed by atoms with E-state index in [4.69, 9.17) is 0 Å². The number of amides is 2. The molecule has 1 aliphatic heterocycles. The van der Waals surface area contributed by atoms with Gasteiger partial charge in [-0.2, -0.15) is 18.2 Å². The first-order chi connectivity index (χ1) is 18.5. The van der Waals surface area contributed by atoms with Crippen LogP contribution in [0.25, 0.3) is 0 Å². The molecule has 1 saturated carbocycles. The van der Waals surface area contributed by atoms with Crippen molar-refractivity contribution in [2.75, 3.05) is 58.0 Å². The molecule has 2 amide bonds. The summed E-state index contributed by atoms with van der Waals surface area (Å²) in [7, 11) is 5.33. The molecule has 2 aliphatic rings. The highest BCUT2D eigenvalue weighted by molar-refractivity contribution is 5.94. The largest absolute Gasteiger partial charge is 0.421 e. The first kappa shape index (κ1) is 31.1. The van der Waals surface area contributed by atoms with Crippen LogP contribution in [-0.4, -0.2) is 89.8 Å². The summed E-state index contributed by atoms with van der Waals surface area (Å²) in [6.45, 7) is 2.95.